The standard InChI is InChI=1S/C15H19NO5S/c1-11(22-12-7-5-4-6-8-12)15(19)16(9-13(17)20-2)10-14(18)21-3/h4-8,11H,9-10H2,1-3H3. The SMILES string of the molecule is COC(=O)CN(CC(=O)OC)C(=O)C(C)Sc1ccccc1. The van der Waals surface area contributed by atoms with Gasteiger partial charge in [-0.05, 0) is 19.1 Å². The molecule has 0 fully saturated rings. The minimum absolute atomic E-state index is 0.288. The van der Waals surface area contributed by atoms with E-state index in [9.17, 15) is 14.4 Å². The molecular weight excluding hydrogens is 306 g/mol. The molecule has 0 radical (unpaired) electrons. The number of ether oxygens (including phenoxy) is 2. The molecule has 1 unspecified atom stereocenters. The molecule has 6 nitrogen and oxygen atoms in total. The third-order valence-corrected chi connectivity index (χ3v) is 3.91. The molecule has 0 heterocycles. The summed E-state index contributed by atoms with van der Waals surface area (Å²) in [7, 11) is 2.45. The second-order valence-corrected chi connectivity index (χ2v) is 5.83. The molecule has 1 aromatic rings. The maximum absolute atomic E-state index is 12.4. The zero-order chi connectivity index (χ0) is 16.5. The van der Waals surface area contributed by atoms with Crippen LogP contribution in [0.15, 0.2) is 35.2 Å². The highest BCUT2D eigenvalue weighted by Gasteiger charge is 2.26. The summed E-state index contributed by atoms with van der Waals surface area (Å²) in [5.41, 5.74) is 0. The number of esters is 2. The van der Waals surface area contributed by atoms with Crippen molar-refractivity contribution in [3.8, 4) is 0 Å². The number of thioether (sulfide) groups is 1. The number of carbonyl (C=O) groups is 3. The van der Waals surface area contributed by atoms with Gasteiger partial charge >= 0.3 is 11.9 Å². The molecular formula is C15H19NO5S. The minimum atomic E-state index is -0.589. The Labute approximate surface area is 133 Å². The quantitative estimate of drug-likeness (QED) is 0.556. The molecule has 0 aromatic heterocycles. The number of methoxy groups -OCH3 is 2. The van der Waals surface area contributed by atoms with Crippen molar-refractivity contribution < 1.29 is 23.9 Å². The minimum Gasteiger partial charge on any atom is -0.468 e. The number of benzene rings is 1. The molecule has 0 bridgehead atoms. The van der Waals surface area contributed by atoms with Crippen LogP contribution in [0.25, 0.3) is 0 Å². The van der Waals surface area contributed by atoms with E-state index in [1.54, 1.807) is 6.92 Å². The van der Waals surface area contributed by atoms with Gasteiger partial charge in [0.1, 0.15) is 13.1 Å². The summed E-state index contributed by atoms with van der Waals surface area (Å²) < 4.78 is 9.10. The fourth-order valence-electron chi connectivity index (χ4n) is 1.66. The molecule has 7 heteroatoms. The highest BCUT2D eigenvalue weighted by atomic mass is 32.2. The Morgan fingerprint density at radius 1 is 1.05 bits per heavy atom. The van der Waals surface area contributed by atoms with E-state index in [0.717, 1.165) is 9.80 Å². The first-order chi connectivity index (χ1) is 10.5. The zero-order valence-electron chi connectivity index (χ0n) is 12.8. The lowest BCUT2D eigenvalue weighted by Gasteiger charge is -2.23. The van der Waals surface area contributed by atoms with Crippen molar-refractivity contribution in [1.29, 1.82) is 0 Å². The lowest BCUT2D eigenvalue weighted by Crippen LogP contribution is -2.43. The Balaban J connectivity index is 2.76. The Morgan fingerprint density at radius 3 is 2.00 bits per heavy atom. The Morgan fingerprint density at radius 2 is 1.55 bits per heavy atom. The first-order valence-electron chi connectivity index (χ1n) is 6.62. The van der Waals surface area contributed by atoms with Gasteiger partial charge in [-0.2, -0.15) is 0 Å². The molecule has 1 rings (SSSR count). The van der Waals surface area contributed by atoms with Crippen LogP contribution in [-0.2, 0) is 23.9 Å². The number of amides is 1. The average molecular weight is 325 g/mol. The third kappa shape index (κ3) is 5.77. The largest absolute Gasteiger partial charge is 0.468 e. The van der Waals surface area contributed by atoms with E-state index >= 15 is 0 Å². The molecule has 0 saturated heterocycles. The topological polar surface area (TPSA) is 72.9 Å². The van der Waals surface area contributed by atoms with Crippen LogP contribution < -0.4 is 0 Å². The normalized spacial score (nSPS) is 11.4. The van der Waals surface area contributed by atoms with Crippen molar-refractivity contribution >= 4 is 29.6 Å². The molecule has 0 N–H and O–H groups in total. The number of hydrogen-bond acceptors (Lipinski definition) is 6. The van der Waals surface area contributed by atoms with E-state index in [0.29, 0.717) is 0 Å². The van der Waals surface area contributed by atoms with Crippen LogP contribution in [0.4, 0.5) is 0 Å². The van der Waals surface area contributed by atoms with Crippen molar-refractivity contribution in [2.24, 2.45) is 0 Å². The zero-order valence-corrected chi connectivity index (χ0v) is 13.6. The summed E-state index contributed by atoms with van der Waals surface area (Å²) in [6, 6.07) is 9.41. The number of nitrogens with zero attached hydrogens (tertiary/aromatic N) is 1. The molecule has 0 aliphatic rings. The molecule has 1 atom stereocenters. The van der Waals surface area contributed by atoms with Crippen LogP contribution >= 0.6 is 11.8 Å². The number of hydrogen-bond donors (Lipinski definition) is 0. The van der Waals surface area contributed by atoms with Gasteiger partial charge in [0.2, 0.25) is 5.91 Å². The lowest BCUT2D eigenvalue weighted by atomic mass is 10.3. The van der Waals surface area contributed by atoms with E-state index in [2.05, 4.69) is 9.47 Å². The Hall–Kier alpha value is -2.02. The monoisotopic (exact) mass is 325 g/mol. The first-order valence-corrected chi connectivity index (χ1v) is 7.50. The average Bonchev–Trinajstić information content (AvgIpc) is 2.53. The van der Waals surface area contributed by atoms with E-state index in [4.69, 9.17) is 0 Å². The maximum atomic E-state index is 12.4. The number of carbonyl (C=O) groups excluding carboxylic acids is 3. The fourth-order valence-corrected chi connectivity index (χ4v) is 2.64. The summed E-state index contributed by atoms with van der Waals surface area (Å²) in [5, 5.41) is -0.447. The van der Waals surface area contributed by atoms with E-state index in [1.807, 2.05) is 30.3 Å². The van der Waals surface area contributed by atoms with Crippen molar-refractivity contribution in [3.05, 3.63) is 30.3 Å². The second kappa shape index (κ2) is 9.09. The van der Waals surface area contributed by atoms with Crippen molar-refractivity contribution in [3.63, 3.8) is 0 Å². The van der Waals surface area contributed by atoms with Gasteiger partial charge in [0.05, 0.1) is 19.5 Å². The Bertz CT molecular complexity index is 502. The fraction of sp³-hybridized carbons (Fsp3) is 0.400. The van der Waals surface area contributed by atoms with Crippen LogP contribution in [0.2, 0.25) is 0 Å². The smallest absolute Gasteiger partial charge is 0.325 e. The van der Waals surface area contributed by atoms with E-state index in [-0.39, 0.29) is 19.0 Å². The summed E-state index contributed by atoms with van der Waals surface area (Å²) in [4.78, 5) is 37.3. The van der Waals surface area contributed by atoms with Crippen LogP contribution in [0, 0.1) is 0 Å². The molecule has 22 heavy (non-hydrogen) atoms. The summed E-state index contributed by atoms with van der Waals surface area (Å²) in [5.74, 6) is -1.51. The summed E-state index contributed by atoms with van der Waals surface area (Å²) in [6.07, 6.45) is 0. The highest BCUT2D eigenvalue weighted by molar-refractivity contribution is 8.00. The first kappa shape index (κ1) is 18.0. The van der Waals surface area contributed by atoms with Gasteiger partial charge in [0, 0.05) is 4.90 Å². The van der Waals surface area contributed by atoms with E-state index in [1.165, 1.54) is 26.0 Å². The molecule has 120 valence electrons. The molecule has 0 aliphatic heterocycles. The lowest BCUT2D eigenvalue weighted by molar-refractivity contribution is -0.151. The number of rotatable bonds is 7. The van der Waals surface area contributed by atoms with Crippen LogP contribution in [0.1, 0.15) is 6.92 Å². The van der Waals surface area contributed by atoms with Gasteiger partial charge in [-0.15, -0.1) is 11.8 Å². The van der Waals surface area contributed by atoms with Gasteiger partial charge in [-0.3, -0.25) is 14.4 Å². The van der Waals surface area contributed by atoms with Crippen molar-refractivity contribution in [2.75, 3.05) is 27.3 Å². The van der Waals surface area contributed by atoms with Gasteiger partial charge in [0.25, 0.3) is 0 Å². The second-order valence-electron chi connectivity index (χ2n) is 4.42. The predicted molar refractivity (Wildman–Crippen MR) is 82.4 cm³/mol. The van der Waals surface area contributed by atoms with Crippen molar-refractivity contribution in [2.45, 2.75) is 17.1 Å². The van der Waals surface area contributed by atoms with Crippen molar-refractivity contribution in [1.82, 2.24) is 4.90 Å². The third-order valence-electron chi connectivity index (χ3n) is 2.81. The maximum Gasteiger partial charge on any atom is 0.325 e. The predicted octanol–water partition coefficient (Wildman–Crippen LogP) is 1.34. The van der Waals surface area contributed by atoms with Gasteiger partial charge in [0.15, 0.2) is 0 Å². The molecule has 0 saturated carbocycles. The summed E-state index contributed by atoms with van der Waals surface area (Å²) >= 11 is 1.35. The molecule has 1 aromatic carbocycles. The van der Waals surface area contributed by atoms with E-state index < -0.39 is 17.2 Å². The van der Waals surface area contributed by atoms with Gasteiger partial charge in [-0.25, -0.2) is 0 Å². The van der Waals surface area contributed by atoms with Crippen LogP contribution in [-0.4, -0.2) is 55.3 Å². The van der Waals surface area contributed by atoms with Gasteiger partial charge in [-0.1, -0.05) is 18.2 Å². The van der Waals surface area contributed by atoms with Gasteiger partial charge < -0.3 is 14.4 Å². The highest BCUT2D eigenvalue weighted by Crippen LogP contribution is 2.24. The summed E-state index contributed by atoms with van der Waals surface area (Å²) in [6.45, 7) is 1.15. The molecule has 0 aliphatic carbocycles. The van der Waals surface area contributed by atoms with Crippen LogP contribution in [0.3, 0.4) is 0 Å². The molecule has 1 amide bonds. The van der Waals surface area contributed by atoms with Crippen LogP contribution in [0.5, 0.6) is 0 Å². The Kier molecular flexibility index (Phi) is 7.45. The molecule has 0 spiro atoms.